The van der Waals surface area contributed by atoms with Crippen LogP contribution in [0, 0.1) is 0 Å². The lowest BCUT2D eigenvalue weighted by Crippen LogP contribution is -2.46. The summed E-state index contributed by atoms with van der Waals surface area (Å²) in [7, 11) is 0. The number of aromatic amines is 1. The second-order valence-corrected chi connectivity index (χ2v) is 6.79. The van der Waals surface area contributed by atoms with E-state index in [1.807, 2.05) is 12.1 Å². The lowest BCUT2D eigenvalue weighted by atomic mass is 10.1. The average Bonchev–Trinajstić information content (AvgIpc) is 3.12. The molecule has 1 fully saturated rings. The molecule has 5 nitrogen and oxygen atoms in total. The van der Waals surface area contributed by atoms with E-state index in [0.29, 0.717) is 5.56 Å². The van der Waals surface area contributed by atoms with Crippen molar-refractivity contribution >= 4 is 22.5 Å². The summed E-state index contributed by atoms with van der Waals surface area (Å²) < 4.78 is 0. The van der Waals surface area contributed by atoms with Crippen LogP contribution in [-0.4, -0.2) is 48.5 Å². The van der Waals surface area contributed by atoms with E-state index in [0.717, 1.165) is 54.9 Å². The summed E-state index contributed by atoms with van der Waals surface area (Å²) in [5, 5.41) is 0.996. The number of benzene rings is 2. The number of anilines is 1. The number of primary amides is 1. The van der Waals surface area contributed by atoms with E-state index < -0.39 is 5.91 Å². The molecule has 1 aliphatic rings. The second-order valence-electron chi connectivity index (χ2n) is 6.79. The molecule has 4 rings (SSSR count). The van der Waals surface area contributed by atoms with Gasteiger partial charge in [-0.25, -0.2) is 0 Å². The number of carbonyl (C=O) groups is 1. The molecule has 1 aromatic heterocycles. The summed E-state index contributed by atoms with van der Waals surface area (Å²) in [6, 6.07) is 16.3. The summed E-state index contributed by atoms with van der Waals surface area (Å²) in [6.07, 6.45) is 0. The Bertz CT molecular complexity index is 921. The first-order valence-corrected chi connectivity index (χ1v) is 9.15. The van der Waals surface area contributed by atoms with Gasteiger partial charge in [-0.1, -0.05) is 31.2 Å². The summed E-state index contributed by atoms with van der Waals surface area (Å²) in [5.41, 5.74) is 10.2. The molecule has 2 aromatic carbocycles. The van der Waals surface area contributed by atoms with Crippen molar-refractivity contribution in [3.63, 3.8) is 0 Å². The number of hydrogen-bond acceptors (Lipinski definition) is 3. The van der Waals surface area contributed by atoms with Crippen LogP contribution < -0.4 is 10.6 Å². The third-order valence-electron chi connectivity index (χ3n) is 5.28. The highest BCUT2D eigenvalue weighted by Gasteiger charge is 2.16. The van der Waals surface area contributed by atoms with E-state index in [1.165, 1.54) is 5.69 Å². The monoisotopic (exact) mass is 348 g/mol. The van der Waals surface area contributed by atoms with Crippen LogP contribution >= 0.6 is 0 Å². The second kappa shape index (κ2) is 6.84. The SMILES string of the molecule is CCN1CCN(c2ccc(-c3cc4cccc(C(N)=O)c4[nH]3)cc2)CC1. The standard InChI is InChI=1S/C21H24N4O/c1-2-24-10-12-25(13-11-24)17-8-6-15(7-9-17)19-14-16-4-3-5-18(21(22)26)20(16)23-19/h3-9,14,23H,2,10-13H2,1H3,(H2,22,26). The molecule has 26 heavy (non-hydrogen) atoms. The first-order chi connectivity index (χ1) is 12.7. The van der Waals surface area contributed by atoms with Gasteiger partial charge < -0.3 is 20.5 Å². The van der Waals surface area contributed by atoms with Crippen molar-refractivity contribution in [1.82, 2.24) is 9.88 Å². The van der Waals surface area contributed by atoms with Crippen molar-refractivity contribution in [3.8, 4) is 11.3 Å². The number of fused-ring (bicyclic) bond motifs is 1. The van der Waals surface area contributed by atoms with Gasteiger partial charge in [-0.05, 0) is 36.4 Å². The Kier molecular flexibility index (Phi) is 4.39. The Balaban J connectivity index is 1.58. The van der Waals surface area contributed by atoms with Crippen LogP contribution in [0.1, 0.15) is 17.3 Å². The van der Waals surface area contributed by atoms with E-state index in [4.69, 9.17) is 5.73 Å². The first kappa shape index (κ1) is 16.7. The van der Waals surface area contributed by atoms with Gasteiger partial charge in [0.15, 0.2) is 0 Å². The molecule has 0 saturated carbocycles. The minimum absolute atomic E-state index is 0.412. The van der Waals surface area contributed by atoms with Crippen molar-refractivity contribution in [1.29, 1.82) is 0 Å². The molecule has 0 bridgehead atoms. The van der Waals surface area contributed by atoms with Crippen molar-refractivity contribution in [2.24, 2.45) is 5.73 Å². The zero-order chi connectivity index (χ0) is 18.1. The van der Waals surface area contributed by atoms with Crippen LogP contribution in [-0.2, 0) is 0 Å². The molecule has 134 valence electrons. The van der Waals surface area contributed by atoms with E-state index in [2.05, 4.69) is 52.0 Å². The van der Waals surface area contributed by atoms with E-state index in [-0.39, 0.29) is 0 Å². The fourth-order valence-corrected chi connectivity index (χ4v) is 3.69. The van der Waals surface area contributed by atoms with Gasteiger partial charge >= 0.3 is 0 Å². The number of nitrogens with zero attached hydrogens (tertiary/aromatic N) is 2. The number of rotatable bonds is 4. The van der Waals surface area contributed by atoms with E-state index in [1.54, 1.807) is 6.07 Å². The number of carbonyl (C=O) groups excluding carboxylic acids is 1. The van der Waals surface area contributed by atoms with Crippen LogP contribution in [0.4, 0.5) is 5.69 Å². The summed E-state index contributed by atoms with van der Waals surface area (Å²) in [6.45, 7) is 7.73. The minimum Gasteiger partial charge on any atom is -0.369 e. The van der Waals surface area contributed by atoms with E-state index in [9.17, 15) is 4.79 Å². The molecular weight excluding hydrogens is 324 g/mol. The Morgan fingerprint density at radius 3 is 2.46 bits per heavy atom. The molecule has 0 aliphatic carbocycles. The predicted molar refractivity (Wildman–Crippen MR) is 107 cm³/mol. The molecule has 3 N–H and O–H groups in total. The molecule has 1 amide bonds. The maximum atomic E-state index is 11.6. The molecule has 0 unspecified atom stereocenters. The number of nitrogens with one attached hydrogen (secondary N) is 1. The summed E-state index contributed by atoms with van der Waals surface area (Å²) >= 11 is 0. The Hall–Kier alpha value is -2.79. The molecule has 5 heteroatoms. The van der Waals surface area contributed by atoms with Gasteiger partial charge in [-0.15, -0.1) is 0 Å². The number of para-hydroxylation sites is 1. The molecule has 1 saturated heterocycles. The average molecular weight is 348 g/mol. The highest BCUT2D eigenvalue weighted by atomic mass is 16.1. The number of hydrogen-bond donors (Lipinski definition) is 2. The van der Waals surface area contributed by atoms with Gasteiger partial charge in [0.2, 0.25) is 0 Å². The van der Waals surface area contributed by atoms with Gasteiger partial charge in [0.25, 0.3) is 5.91 Å². The normalized spacial score (nSPS) is 15.5. The zero-order valence-corrected chi connectivity index (χ0v) is 15.0. The lowest BCUT2D eigenvalue weighted by molar-refractivity contribution is 0.100. The number of likely N-dealkylation sites (N-methyl/N-ethyl adjacent to an activating group) is 1. The van der Waals surface area contributed by atoms with Crippen molar-refractivity contribution in [2.75, 3.05) is 37.6 Å². The van der Waals surface area contributed by atoms with Crippen LogP contribution in [0.3, 0.4) is 0 Å². The molecule has 2 heterocycles. The quantitative estimate of drug-likeness (QED) is 0.761. The molecular formula is C21H24N4O. The smallest absolute Gasteiger partial charge is 0.250 e. The molecule has 3 aromatic rings. The fraction of sp³-hybridized carbons (Fsp3) is 0.286. The van der Waals surface area contributed by atoms with Crippen molar-refractivity contribution in [2.45, 2.75) is 6.92 Å². The van der Waals surface area contributed by atoms with Crippen LogP contribution in [0.5, 0.6) is 0 Å². The Labute approximate surface area is 153 Å². The Morgan fingerprint density at radius 2 is 1.81 bits per heavy atom. The fourth-order valence-electron chi connectivity index (χ4n) is 3.69. The van der Waals surface area contributed by atoms with Gasteiger partial charge in [-0.3, -0.25) is 4.79 Å². The third-order valence-corrected chi connectivity index (χ3v) is 5.28. The minimum atomic E-state index is -0.412. The lowest BCUT2D eigenvalue weighted by Gasteiger charge is -2.35. The third kappa shape index (κ3) is 3.06. The highest BCUT2D eigenvalue weighted by Crippen LogP contribution is 2.28. The Morgan fingerprint density at radius 1 is 1.08 bits per heavy atom. The largest absolute Gasteiger partial charge is 0.369 e. The maximum absolute atomic E-state index is 11.6. The number of aromatic nitrogens is 1. The maximum Gasteiger partial charge on any atom is 0.250 e. The highest BCUT2D eigenvalue weighted by molar-refractivity contribution is 6.06. The molecule has 0 atom stereocenters. The summed E-state index contributed by atoms with van der Waals surface area (Å²) in [4.78, 5) is 19.9. The van der Waals surface area contributed by atoms with Gasteiger partial charge in [0, 0.05) is 42.9 Å². The number of piperazine rings is 1. The summed E-state index contributed by atoms with van der Waals surface area (Å²) in [5.74, 6) is -0.412. The van der Waals surface area contributed by atoms with Gasteiger partial charge in [0.05, 0.1) is 11.1 Å². The zero-order valence-electron chi connectivity index (χ0n) is 15.0. The van der Waals surface area contributed by atoms with Crippen LogP contribution in [0.2, 0.25) is 0 Å². The molecule has 0 radical (unpaired) electrons. The number of H-pyrrole nitrogens is 1. The van der Waals surface area contributed by atoms with Crippen LogP contribution in [0.15, 0.2) is 48.5 Å². The predicted octanol–water partition coefficient (Wildman–Crippen LogP) is 3.08. The van der Waals surface area contributed by atoms with Gasteiger partial charge in [-0.2, -0.15) is 0 Å². The van der Waals surface area contributed by atoms with Gasteiger partial charge in [0.1, 0.15) is 0 Å². The van der Waals surface area contributed by atoms with Crippen LogP contribution in [0.25, 0.3) is 22.2 Å². The van der Waals surface area contributed by atoms with Crippen molar-refractivity contribution < 1.29 is 4.79 Å². The molecule has 0 spiro atoms. The first-order valence-electron chi connectivity index (χ1n) is 9.15. The molecule has 1 aliphatic heterocycles. The topological polar surface area (TPSA) is 65.4 Å². The van der Waals surface area contributed by atoms with Crippen molar-refractivity contribution in [3.05, 3.63) is 54.1 Å². The number of amides is 1. The van der Waals surface area contributed by atoms with E-state index >= 15 is 0 Å². The number of nitrogens with two attached hydrogens (primary N) is 1.